The molecule has 0 unspecified atom stereocenters. The summed E-state index contributed by atoms with van der Waals surface area (Å²) in [6, 6.07) is 17.8. The van der Waals surface area contributed by atoms with Crippen LogP contribution in [0.5, 0.6) is 0 Å². The molecule has 0 spiro atoms. The van der Waals surface area contributed by atoms with Crippen LogP contribution in [0.15, 0.2) is 59.7 Å². The van der Waals surface area contributed by atoms with E-state index in [-0.39, 0.29) is 0 Å². The summed E-state index contributed by atoms with van der Waals surface area (Å²) in [6.07, 6.45) is 1.53. The first-order valence-corrected chi connectivity index (χ1v) is 7.35. The Morgan fingerprint density at radius 3 is 2.46 bits per heavy atom. The first-order chi connectivity index (χ1) is 11.6. The minimum absolute atomic E-state index is 0.851. The third-order valence-corrected chi connectivity index (χ3v) is 3.78. The highest BCUT2D eigenvalue weighted by molar-refractivity contribution is 6.34. The Balaban J connectivity index is 2.13. The van der Waals surface area contributed by atoms with Crippen molar-refractivity contribution in [1.82, 2.24) is 9.99 Å². The van der Waals surface area contributed by atoms with Crippen LogP contribution in [0.3, 0.4) is 0 Å². The van der Waals surface area contributed by atoms with Crippen LogP contribution in [0.4, 0.5) is 0 Å². The van der Waals surface area contributed by atoms with E-state index in [0.717, 1.165) is 27.7 Å². The highest BCUT2D eigenvalue weighted by atomic mass is 16.2. The third kappa shape index (κ3) is 2.77. The number of rotatable bonds is 3. The van der Waals surface area contributed by atoms with Gasteiger partial charge >= 0.3 is 11.8 Å². The van der Waals surface area contributed by atoms with E-state index < -0.39 is 11.8 Å². The van der Waals surface area contributed by atoms with Crippen molar-refractivity contribution in [3.63, 3.8) is 0 Å². The fourth-order valence-electron chi connectivity index (χ4n) is 2.71. The van der Waals surface area contributed by atoms with E-state index in [2.05, 4.69) is 15.1 Å². The lowest BCUT2D eigenvalue weighted by Crippen LogP contribution is -2.32. The van der Waals surface area contributed by atoms with Crippen molar-refractivity contribution in [2.75, 3.05) is 0 Å². The van der Waals surface area contributed by atoms with Crippen molar-refractivity contribution < 1.29 is 9.59 Å². The lowest BCUT2D eigenvalue weighted by molar-refractivity contribution is -0.137. The molecule has 0 saturated carbocycles. The van der Waals surface area contributed by atoms with Gasteiger partial charge in [0.1, 0.15) is 0 Å². The lowest BCUT2D eigenvalue weighted by atomic mass is 10.1. The van der Waals surface area contributed by atoms with Crippen LogP contribution in [0.25, 0.3) is 22.2 Å². The second kappa shape index (κ2) is 6.37. The van der Waals surface area contributed by atoms with Crippen LogP contribution in [-0.4, -0.2) is 22.6 Å². The summed E-state index contributed by atoms with van der Waals surface area (Å²) in [7, 11) is 1.98. The molecule has 0 radical (unpaired) electrons. The van der Waals surface area contributed by atoms with E-state index in [4.69, 9.17) is 5.73 Å². The van der Waals surface area contributed by atoms with Gasteiger partial charge in [-0.1, -0.05) is 48.5 Å². The predicted octanol–water partition coefficient (Wildman–Crippen LogP) is 1.78. The van der Waals surface area contributed by atoms with Crippen molar-refractivity contribution in [2.24, 2.45) is 17.9 Å². The van der Waals surface area contributed by atoms with Crippen LogP contribution in [0, 0.1) is 0 Å². The summed E-state index contributed by atoms with van der Waals surface area (Å²) >= 11 is 0. The topological polar surface area (TPSA) is 89.5 Å². The van der Waals surface area contributed by atoms with E-state index in [9.17, 15) is 9.59 Å². The number of nitrogens with two attached hydrogens (primary N) is 1. The number of hydrazone groups is 1. The van der Waals surface area contributed by atoms with Gasteiger partial charge in [0.05, 0.1) is 11.9 Å². The van der Waals surface area contributed by atoms with Gasteiger partial charge in [0, 0.05) is 23.5 Å². The Bertz CT molecular complexity index is 942. The fourth-order valence-corrected chi connectivity index (χ4v) is 2.71. The molecule has 3 aromatic rings. The number of primary amides is 1. The minimum Gasteiger partial charge on any atom is -0.361 e. The Kier molecular flexibility index (Phi) is 4.11. The molecule has 1 aromatic heterocycles. The normalized spacial score (nSPS) is 11.0. The van der Waals surface area contributed by atoms with E-state index in [1.165, 1.54) is 6.21 Å². The molecular weight excluding hydrogens is 304 g/mol. The Hall–Kier alpha value is -3.41. The molecule has 2 aromatic carbocycles. The second-order valence-electron chi connectivity index (χ2n) is 5.27. The molecule has 1 heterocycles. The maximum atomic E-state index is 11.3. The summed E-state index contributed by atoms with van der Waals surface area (Å²) in [4.78, 5) is 22.0. The number of aromatic nitrogens is 1. The summed E-state index contributed by atoms with van der Waals surface area (Å²) in [5.74, 6) is -2.03. The molecule has 0 saturated heterocycles. The molecule has 0 atom stereocenters. The minimum atomic E-state index is -1.08. The number of nitrogens with zero attached hydrogens (tertiary/aromatic N) is 2. The summed E-state index contributed by atoms with van der Waals surface area (Å²) in [5.41, 5.74) is 10.9. The Morgan fingerprint density at radius 1 is 1.08 bits per heavy atom. The fraction of sp³-hybridized carbons (Fsp3) is 0.0556. The van der Waals surface area contributed by atoms with Crippen molar-refractivity contribution in [3.8, 4) is 11.3 Å². The summed E-state index contributed by atoms with van der Waals surface area (Å²) < 4.78 is 2.07. The molecule has 6 heteroatoms. The average molecular weight is 320 g/mol. The van der Waals surface area contributed by atoms with Gasteiger partial charge in [-0.05, 0) is 11.6 Å². The van der Waals surface area contributed by atoms with Gasteiger partial charge in [-0.25, -0.2) is 5.43 Å². The quantitative estimate of drug-likeness (QED) is 0.437. The van der Waals surface area contributed by atoms with Gasteiger partial charge in [0.25, 0.3) is 0 Å². The molecule has 120 valence electrons. The van der Waals surface area contributed by atoms with Gasteiger partial charge in [-0.2, -0.15) is 5.10 Å². The first kappa shape index (κ1) is 15.5. The van der Waals surface area contributed by atoms with Crippen LogP contribution in [0.2, 0.25) is 0 Å². The van der Waals surface area contributed by atoms with Crippen LogP contribution < -0.4 is 11.2 Å². The SMILES string of the molecule is Cn1c(-c2ccccc2)c(C=NNC(=O)C(N)=O)c2ccccc21. The monoisotopic (exact) mass is 320 g/mol. The molecule has 0 bridgehead atoms. The molecule has 2 amide bonds. The van der Waals surface area contributed by atoms with E-state index in [1.54, 1.807) is 0 Å². The predicted molar refractivity (Wildman–Crippen MR) is 93.3 cm³/mol. The van der Waals surface area contributed by atoms with E-state index >= 15 is 0 Å². The molecule has 3 rings (SSSR count). The van der Waals surface area contributed by atoms with Crippen molar-refractivity contribution >= 4 is 28.9 Å². The van der Waals surface area contributed by atoms with Crippen molar-refractivity contribution in [1.29, 1.82) is 0 Å². The first-order valence-electron chi connectivity index (χ1n) is 7.35. The second-order valence-corrected chi connectivity index (χ2v) is 5.27. The summed E-state index contributed by atoms with van der Waals surface area (Å²) in [6.45, 7) is 0. The van der Waals surface area contributed by atoms with Crippen LogP contribution in [-0.2, 0) is 16.6 Å². The highest BCUT2D eigenvalue weighted by Crippen LogP contribution is 2.31. The highest BCUT2D eigenvalue weighted by Gasteiger charge is 2.15. The van der Waals surface area contributed by atoms with Gasteiger partial charge in [-0.15, -0.1) is 0 Å². The number of carbonyl (C=O) groups is 2. The summed E-state index contributed by atoms with van der Waals surface area (Å²) in [5, 5.41) is 4.87. The Morgan fingerprint density at radius 2 is 1.75 bits per heavy atom. The zero-order valence-corrected chi connectivity index (χ0v) is 13.1. The smallest absolute Gasteiger partial charge is 0.329 e. The van der Waals surface area contributed by atoms with E-state index in [1.807, 2.05) is 61.6 Å². The number of nitrogens with one attached hydrogen (secondary N) is 1. The van der Waals surface area contributed by atoms with Crippen molar-refractivity contribution in [3.05, 3.63) is 60.2 Å². The average Bonchev–Trinajstić information content (AvgIpc) is 2.88. The molecule has 6 nitrogen and oxygen atoms in total. The van der Waals surface area contributed by atoms with Gasteiger partial charge in [0.15, 0.2) is 0 Å². The number of aryl methyl sites for hydroxylation is 1. The van der Waals surface area contributed by atoms with Gasteiger partial charge < -0.3 is 10.3 Å². The number of amides is 2. The molecule has 3 N–H and O–H groups in total. The standard InChI is InChI=1S/C18H16N4O2/c1-22-15-10-6-5-9-13(15)14(11-20-21-18(24)17(19)23)16(22)12-7-3-2-4-8-12/h2-11H,1H3,(H2,19,23)(H,21,24). The van der Waals surface area contributed by atoms with Gasteiger partial charge in [0.2, 0.25) is 0 Å². The number of benzene rings is 2. The van der Waals surface area contributed by atoms with Crippen LogP contribution >= 0.6 is 0 Å². The molecule has 0 aliphatic carbocycles. The zero-order valence-electron chi connectivity index (χ0n) is 13.1. The molecule has 0 aliphatic rings. The van der Waals surface area contributed by atoms with Gasteiger partial charge in [-0.3, -0.25) is 9.59 Å². The molecule has 0 aliphatic heterocycles. The number of hydrogen-bond acceptors (Lipinski definition) is 3. The van der Waals surface area contributed by atoms with E-state index in [0.29, 0.717) is 0 Å². The molecule has 0 fully saturated rings. The third-order valence-electron chi connectivity index (χ3n) is 3.78. The Labute approximate surface area is 138 Å². The number of hydrogen-bond donors (Lipinski definition) is 2. The van der Waals surface area contributed by atoms with Crippen molar-refractivity contribution in [2.45, 2.75) is 0 Å². The maximum Gasteiger partial charge on any atom is 0.329 e. The number of para-hydroxylation sites is 1. The number of carbonyl (C=O) groups excluding carboxylic acids is 2. The van der Waals surface area contributed by atoms with Crippen LogP contribution in [0.1, 0.15) is 5.56 Å². The molecular formula is C18H16N4O2. The molecule has 24 heavy (non-hydrogen) atoms. The largest absolute Gasteiger partial charge is 0.361 e. The zero-order chi connectivity index (χ0) is 17.1. The number of fused-ring (bicyclic) bond motifs is 1. The lowest BCUT2D eigenvalue weighted by Gasteiger charge is -2.06. The maximum absolute atomic E-state index is 11.3.